The lowest BCUT2D eigenvalue weighted by Crippen LogP contribution is -2.41. The molecule has 40 heavy (non-hydrogen) atoms. The Labute approximate surface area is 236 Å². The average molecular weight is 555 g/mol. The van der Waals surface area contributed by atoms with Crippen molar-refractivity contribution in [3.05, 3.63) is 71.8 Å². The van der Waals surface area contributed by atoms with E-state index in [1.54, 1.807) is 0 Å². The molecule has 0 aliphatic heterocycles. The zero-order valence-electron chi connectivity index (χ0n) is 23.0. The zero-order chi connectivity index (χ0) is 29.0. The van der Waals surface area contributed by atoms with Crippen LogP contribution in [0.4, 0.5) is 0 Å². The number of hydrogen-bond acceptors (Lipinski definition) is 8. The molecule has 2 aromatic rings. The molecule has 0 bridgehead atoms. The van der Waals surface area contributed by atoms with Gasteiger partial charge in [0.2, 0.25) is 11.8 Å². The molecule has 0 aliphatic rings. The van der Waals surface area contributed by atoms with E-state index in [-0.39, 0.29) is 62.7 Å². The topological polar surface area (TPSA) is 163 Å². The van der Waals surface area contributed by atoms with Crippen molar-refractivity contribution in [2.24, 2.45) is 11.5 Å². The smallest absolute Gasteiger partial charge is 0.306 e. The molecule has 10 nitrogen and oxygen atoms in total. The lowest BCUT2D eigenvalue weighted by molar-refractivity contribution is -0.146. The normalized spacial score (nSPS) is 12.2. The monoisotopic (exact) mass is 554 g/mol. The Balaban J connectivity index is 1.42. The van der Waals surface area contributed by atoms with Gasteiger partial charge >= 0.3 is 11.9 Å². The second-order valence-electron chi connectivity index (χ2n) is 9.58. The van der Waals surface area contributed by atoms with Crippen LogP contribution in [0.25, 0.3) is 0 Å². The third kappa shape index (κ3) is 14.4. The molecule has 2 atom stereocenters. The molecular weight excluding hydrogens is 512 g/mol. The number of ether oxygens (including phenoxy) is 2. The second kappa shape index (κ2) is 19.3. The highest BCUT2D eigenvalue weighted by Gasteiger charge is 2.16. The van der Waals surface area contributed by atoms with Gasteiger partial charge in [-0.25, -0.2) is 0 Å². The molecule has 2 rings (SSSR count). The first-order chi connectivity index (χ1) is 19.3. The van der Waals surface area contributed by atoms with Gasteiger partial charge in [-0.2, -0.15) is 0 Å². The predicted octanol–water partition coefficient (Wildman–Crippen LogP) is 2.48. The van der Waals surface area contributed by atoms with Crippen LogP contribution in [-0.4, -0.2) is 48.9 Å². The van der Waals surface area contributed by atoms with E-state index in [9.17, 15) is 19.2 Å². The maximum absolute atomic E-state index is 12.1. The van der Waals surface area contributed by atoms with Gasteiger partial charge in [0.1, 0.15) is 13.2 Å². The first-order valence-corrected chi connectivity index (χ1v) is 13.8. The van der Waals surface area contributed by atoms with Crippen molar-refractivity contribution in [3.8, 4) is 0 Å². The van der Waals surface area contributed by atoms with Crippen molar-refractivity contribution in [3.63, 3.8) is 0 Å². The van der Waals surface area contributed by atoms with E-state index in [1.165, 1.54) is 0 Å². The summed E-state index contributed by atoms with van der Waals surface area (Å²) in [6.07, 6.45) is 3.88. The van der Waals surface area contributed by atoms with E-state index in [0.29, 0.717) is 13.1 Å². The number of hydrogen-bond donors (Lipinski definition) is 4. The van der Waals surface area contributed by atoms with Gasteiger partial charge in [0.25, 0.3) is 0 Å². The molecule has 0 saturated carbocycles. The molecule has 0 fully saturated rings. The van der Waals surface area contributed by atoms with Crippen LogP contribution in [0.1, 0.15) is 62.5 Å². The fraction of sp³-hybridized carbons (Fsp3) is 0.467. The summed E-state index contributed by atoms with van der Waals surface area (Å²) in [6.45, 7) is 1.37. The molecule has 0 aliphatic carbocycles. The van der Waals surface area contributed by atoms with Gasteiger partial charge in [-0.15, -0.1) is 0 Å². The number of benzene rings is 2. The third-order valence-corrected chi connectivity index (χ3v) is 6.18. The molecular formula is C30H42N4O6. The predicted molar refractivity (Wildman–Crippen MR) is 151 cm³/mol. The van der Waals surface area contributed by atoms with Crippen LogP contribution in [0.3, 0.4) is 0 Å². The fourth-order valence-corrected chi connectivity index (χ4v) is 3.72. The number of esters is 2. The van der Waals surface area contributed by atoms with Gasteiger partial charge in [-0.1, -0.05) is 73.5 Å². The third-order valence-electron chi connectivity index (χ3n) is 6.18. The van der Waals surface area contributed by atoms with Crippen molar-refractivity contribution in [1.82, 2.24) is 10.6 Å². The van der Waals surface area contributed by atoms with E-state index in [0.717, 1.165) is 36.8 Å². The minimum absolute atomic E-state index is 0.0785. The number of carbonyl (C=O) groups is 4. The molecule has 0 spiro atoms. The maximum Gasteiger partial charge on any atom is 0.306 e. The largest absolute Gasteiger partial charge is 0.461 e. The number of unbranched alkanes of at least 4 members (excludes halogenated alkanes) is 3. The van der Waals surface area contributed by atoms with Crippen LogP contribution in [0, 0.1) is 0 Å². The average Bonchev–Trinajstić information content (AvgIpc) is 2.98. The van der Waals surface area contributed by atoms with Gasteiger partial charge in [-0.3, -0.25) is 19.2 Å². The lowest BCUT2D eigenvalue weighted by atomic mass is 10.1. The van der Waals surface area contributed by atoms with Crippen LogP contribution < -0.4 is 22.1 Å². The number of amides is 2. The lowest BCUT2D eigenvalue weighted by Gasteiger charge is -2.13. The first kappa shape index (κ1) is 32.5. The van der Waals surface area contributed by atoms with Crippen LogP contribution in [0.5, 0.6) is 0 Å². The zero-order valence-corrected chi connectivity index (χ0v) is 23.0. The van der Waals surface area contributed by atoms with Gasteiger partial charge < -0.3 is 31.6 Å². The SMILES string of the molecule is N[C@@H](CCC(=O)OCc1ccccc1)C(=O)NCCCCCCNC(=O)[C@@H](N)CCC(=O)OCc1ccccc1. The molecule has 0 aromatic heterocycles. The van der Waals surface area contributed by atoms with Crippen molar-refractivity contribution in [1.29, 1.82) is 0 Å². The fourth-order valence-electron chi connectivity index (χ4n) is 3.72. The Morgan fingerprint density at radius 1 is 0.600 bits per heavy atom. The Hall–Kier alpha value is -3.76. The first-order valence-electron chi connectivity index (χ1n) is 13.8. The summed E-state index contributed by atoms with van der Waals surface area (Å²) in [7, 11) is 0. The Morgan fingerprint density at radius 2 is 0.975 bits per heavy atom. The Bertz CT molecular complexity index is 952. The van der Waals surface area contributed by atoms with Crippen molar-refractivity contribution < 1.29 is 28.7 Å². The van der Waals surface area contributed by atoms with Gasteiger partial charge in [0, 0.05) is 25.9 Å². The van der Waals surface area contributed by atoms with E-state index in [1.807, 2.05) is 60.7 Å². The minimum atomic E-state index is -0.769. The summed E-state index contributed by atoms with van der Waals surface area (Å²) in [5, 5.41) is 5.58. The van der Waals surface area contributed by atoms with E-state index >= 15 is 0 Å². The summed E-state index contributed by atoms with van der Waals surface area (Å²) in [4.78, 5) is 48.0. The maximum atomic E-state index is 12.1. The number of rotatable bonds is 19. The van der Waals surface area contributed by atoms with Crippen molar-refractivity contribution >= 4 is 23.8 Å². The molecule has 6 N–H and O–H groups in total. The van der Waals surface area contributed by atoms with Crippen molar-refractivity contribution in [2.45, 2.75) is 76.7 Å². The number of carbonyl (C=O) groups excluding carboxylic acids is 4. The summed E-state index contributed by atoms with van der Waals surface area (Å²) in [5.41, 5.74) is 13.6. The van der Waals surface area contributed by atoms with Crippen LogP contribution in [0.15, 0.2) is 60.7 Å². The van der Waals surface area contributed by atoms with Crippen LogP contribution in [-0.2, 0) is 41.9 Å². The molecule has 0 saturated heterocycles. The van der Waals surface area contributed by atoms with Gasteiger partial charge in [0.05, 0.1) is 12.1 Å². The van der Waals surface area contributed by atoms with Crippen molar-refractivity contribution in [2.75, 3.05) is 13.1 Å². The quantitative estimate of drug-likeness (QED) is 0.152. The molecule has 0 heterocycles. The Morgan fingerprint density at radius 3 is 1.35 bits per heavy atom. The summed E-state index contributed by atoms with van der Waals surface area (Å²) in [6, 6.07) is 17.2. The second-order valence-corrected chi connectivity index (χ2v) is 9.58. The van der Waals surface area contributed by atoms with Gasteiger partial charge in [-0.05, 0) is 36.8 Å². The summed E-state index contributed by atoms with van der Waals surface area (Å²) >= 11 is 0. The highest BCUT2D eigenvalue weighted by atomic mass is 16.5. The summed E-state index contributed by atoms with van der Waals surface area (Å²) in [5.74, 6) is -1.36. The molecule has 0 radical (unpaired) electrons. The van der Waals surface area contributed by atoms with Gasteiger partial charge in [0.15, 0.2) is 0 Å². The Kier molecular flexibility index (Phi) is 15.7. The highest BCUT2D eigenvalue weighted by molar-refractivity contribution is 5.82. The molecule has 2 aromatic carbocycles. The van der Waals surface area contributed by atoms with E-state index in [4.69, 9.17) is 20.9 Å². The minimum Gasteiger partial charge on any atom is -0.461 e. The number of nitrogens with two attached hydrogens (primary N) is 2. The molecule has 0 unspecified atom stereocenters. The molecule has 2 amide bonds. The van der Waals surface area contributed by atoms with E-state index < -0.39 is 12.1 Å². The standard InChI is InChI=1S/C30H42N4O6/c31-25(15-17-27(35)39-21-23-11-5-3-6-12-23)29(37)33-19-9-1-2-10-20-34-30(38)26(32)16-18-28(36)40-22-24-13-7-4-8-14-24/h3-8,11-14,25-26H,1-2,9-10,15-22,31-32H2,(H,33,37)(H,34,38)/t25-,26-/m0/s1. The van der Waals surface area contributed by atoms with Crippen LogP contribution in [0.2, 0.25) is 0 Å². The van der Waals surface area contributed by atoms with E-state index in [2.05, 4.69) is 10.6 Å². The number of nitrogens with one attached hydrogen (secondary N) is 2. The highest BCUT2D eigenvalue weighted by Crippen LogP contribution is 2.06. The molecule has 10 heteroatoms. The summed E-state index contributed by atoms with van der Waals surface area (Å²) < 4.78 is 10.4. The molecule has 218 valence electrons. The van der Waals surface area contributed by atoms with Crippen LogP contribution >= 0.6 is 0 Å².